The van der Waals surface area contributed by atoms with Gasteiger partial charge in [-0.2, -0.15) is 5.10 Å². The number of nitrogens with one attached hydrogen (secondary N) is 2. The first-order valence-corrected chi connectivity index (χ1v) is 10.3. The summed E-state index contributed by atoms with van der Waals surface area (Å²) in [5.41, 5.74) is 4.07. The molecule has 0 radical (unpaired) electrons. The topological polar surface area (TPSA) is 59.0 Å². The molecule has 1 saturated heterocycles. The van der Waals surface area contributed by atoms with Gasteiger partial charge in [0.25, 0.3) is 0 Å². The average molecular weight is 364 g/mol. The summed E-state index contributed by atoms with van der Waals surface area (Å²) in [5.74, 6) is 1.24. The van der Waals surface area contributed by atoms with Crippen LogP contribution < -0.4 is 10.6 Å². The number of hydrogen-bond acceptors (Lipinski definition) is 3. The number of carbonyl (C=O) groups excluding carboxylic acids is 1. The Bertz CT molecular complexity index is 865. The Hall–Kier alpha value is -2.14. The van der Waals surface area contributed by atoms with Crippen LogP contribution in [-0.2, 0) is 11.2 Å². The number of fused-ring (bicyclic) bond motifs is 1. The molecule has 2 fully saturated rings. The van der Waals surface area contributed by atoms with Crippen molar-refractivity contribution in [1.29, 1.82) is 0 Å². The zero-order valence-electron chi connectivity index (χ0n) is 16.0. The first-order valence-electron chi connectivity index (χ1n) is 10.3. The van der Waals surface area contributed by atoms with E-state index >= 15 is 0 Å². The van der Waals surface area contributed by atoms with Crippen LogP contribution in [0.1, 0.15) is 54.8 Å². The van der Waals surface area contributed by atoms with Gasteiger partial charge in [0, 0.05) is 11.5 Å². The molecule has 1 aromatic heterocycles. The van der Waals surface area contributed by atoms with Crippen molar-refractivity contribution in [3.05, 3.63) is 47.2 Å². The van der Waals surface area contributed by atoms with E-state index in [4.69, 9.17) is 0 Å². The van der Waals surface area contributed by atoms with Crippen LogP contribution >= 0.6 is 0 Å². The molecule has 5 rings (SSSR count). The van der Waals surface area contributed by atoms with E-state index < -0.39 is 0 Å². The molecule has 2 unspecified atom stereocenters. The predicted octanol–water partition coefficient (Wildman–Crippen LogP) is 3.45. The number of benzene rings is 1. The number of piperidine rings is 1. The third-order valence-electron chi connectivity index (χ3n) is 6.96. The Labute approximate surface area is 160 Å². The Kier molecular flexibility index (Phi) is 4.08. The number of hydrogen-bond donors (Lipinski definition) is 2. The van der Waals surface area contributed by atoms with Gasteiger partial charge in [-0.05, 0) is 75.1 Å². The van der Waals surface area contributed by atoms with Gasteiger partial charge in [0.15, 0.2) is 0 Å². The van der Waals surface area contributed by atoms with E-state index in [0.717, 1.165) is 63.0 Å². The Morgan fingerprint density at radius 1 is 1.30 bits per heavy atom. The summed E-state index contributed by atoms with van der Waals surface area (Å²) in [6.45, 7) is 4.13. The largest absolute Gasteiger partial charge is 0.317 e. The fourth-order valence-electron chi connectivity index (χ4n) is 5.22. The minimum absolute atomic E-state index is 0.168. The maximum absolute atomic E-state index is 13.0. The van der Waals surface area contributed by atoms with Crippen LogP contribution in [0.15, 0.2) is 30.5 Å². The van der Waals surface area contributed by atoms with Crippen LogP contribution in [0.3, 0.4) is 0 Å². The van der Waals surface area contributed by atoms with Crippen LogP contribution in [-0.4, -0.2) is 28.8 Å². The molecule has 1 aliphatic heterocycles. The van der Waals surface area contributed by atoms with Gasteiger partial charge in [-0.25, -0.2) is 4.68 Å². The van der Waals surface area contributed by atoms with Crippen molar-refractivity contribution in [3.63, 3.8) is 0 Å². The van der Waals surface area contributed by atoms with Gasteiger partial charge in [0.2, 0.25) is 5.91 Å². The minimum atomic E-state index is 0.168. The van der Waals surface area contributed by atoms with Crippen molar-refractivity contribution >= 4 is 11.7 Å². The van der Waals surface area contributed by atoms with Crippen LogP contribution in [0.4, 0.5) is 5.82 Å². The molecule has 1 spiro atoms. The van der Waals surface area contributed by atoms with Crippen LogP contribution in [0.5, 0.6) is 0 Å². The number of amides is 1. The smallest absolute Gasteiger partial charge is 0.229 e. The van der Waals surface area contributed by atoms with Gasteiger partial charge in [-0.1, -0.05) is 24.3 Å². The second-order valence-corrected chi connectivity index (χ2v) is 8.59. The summed E-state index contributed by atoms with van der Waals surface area (Å²) in [6, 6.07) is 8.88. The highest BCUT2D eigenvalue weighted by atomic mass is 16.2. The Morgan fingerprint density at radius 2 is 2.11 bits per heavy atom. The van der Waals surface area contributed by atoms with Crippen molar-refractivity contribution in [3.8, 4) is 0 Å². The molecule has 1 aromatic carbocycles. The molecule has 2 aromatic rings. The van der Waals surface area contributed by atoms with Gasteiger partial charge < -0.3 is 10.6 Å². The monoisotopic (exact) mass is 364 g/mol. The van der Waals surface area contributed by atoms with E-state index in [1.165, 1.54) is 11.1 Å². The lowest BCUT2D eigenvalue weighted by atomic mass is 9.88. The quantitative estimate of drug-likeness (QED) is 0.877. The summed E-state index contributed by atoms with van der Waals surface area (Å²) in [6.07, 6.45) is 8.54. The van der Waals surface area contributed by atoms with E-state index in [-0.39, 0.29) is 23.3 Å². The van der Waals surface area contributed by atoms with Gasteiger partial charge in [0.1, 0.15) is 5.82 Å². The second-order valence-electron chi connectivity index (χ2n) is 8.59. The summed E-state index contributed by atoms with van der Waals surface area (Å²) in [7, 11) is 0. The number of carbonyl (C=O) groups is 1. The van der Waals surface area contributed by atoms with Crippen molar-refractivity contribution < 1.29 is 4.79 Å². The molecule has 142 valence electrons. The highest BCUT2D eigenvalue weighted by Crippen LogP contribution is 2.58. The second kappa shape index (κ2) is 6.48. The molecule has 27 heavy (non-hydrogen) atoms. The molecule has 2 N–H and O–H groups in total. The number of aromatic nitrogens is 2. The molecule has 1 amide bonds. The normalized spacial score (nSPS) is 25.8. The molecule has 5 heteroatoms. The number of nitrogens with zero attached hydrogens (tertiary/aromatic N) is 2. The van der Waals surface area contributed by atoms with E-state index in [2.05, 4.69) is 44.7 Å². The minimum Gasteiger partial charge on any atom is -0.317 e. The summed E-state index contributed by atoms with van der Waals surface area (Å²) >= 11 is 0. The molecule has 2 aliphatic carbocycles. The Balaban J connectivity index is 1.39. The van der Waals surface area contributed by atoms with E-state index in [9.17, 15) is 4.79 Å². The molecule has 2 heterocycles. The van der Waals surface area contributed by atoms with Crippen LogP contribution in [0.25, 0.3) is 0 Å². The number of anilines is 1. The molecular weight excluding hydrogens is 336 g/mol. The number of rotatable bonds is 3. The zero-order chi connectivity index (χ0) is 18.4. The van der Waals surface area contributed by atoms with Gasteiger partial charge >= 0.3 is 0 Å². The van der Waals surface area contributed by atoms with Crippen molar-refractivity contribution in [2.75, 3.05) is 18.4 Å². The lowest BCUT2D eigenvalue weighted by Gasteiger charge is -2.27. The summed E-state index contributed by atoms with van der Waals surface area (Å²) in [5, 5.41) is 11.3. The highest BCUT2D eigenvalue weighted by Gasteiger charge is 2.57. The molecular formula is C22H28N4O. The summed E-state index contributed by atoms with van der Waals surface area (Å²) < 4.78 is 2.06. The van der Waals surface area contributed by atoms with E-state index in [1.54, 1.807) is 0 Å². The maximum Gasteiger partial charge on any atom is 0.229 e. The molecule has 1 saturated carbocycles. The van der Waals surface area contributed by atoms with Gasteiger partial charge in [-0.15, -0.1) is 0 Å². The van der Waals surface area contributed by atoms with E-state index in [1.807, 2.05) is 13.1 Å². The fraction of sp³-hybridized carbons (Fsp3) is 0.545. The third kappa shape index (κ3) is 2.89. The SMILES string of the molecule is Cc1cnn(C2CCCc3ccccc32)c1NC(=O)C1CC12CCNCC2. The Morgan fingerprint density at radius 3 is 2.96 bits per heavy atom. The van der Waals surface area contributed by atoms with E-state index in [0.29, 0.717) is 0 Å². The standard InChI is InChI=1S/C22H28N4O/c1-15-14-24-26(19-8-4-6-16-5-2-3-7-17(16)19)20(15)25-21(27)18-13-22(18)9-11-23-12-10-22/h2-3,5,7,14,18-19,23H,4,6,8-13H2,1H3,(H,25,27). The van der Waals surface area contributed by atoms with Crippen LogP contribution in [0.2, 0.25) is 0 Å². The first-order chi connectivity index (χ1) is 13.2. The first kappa shape index (κ1) is 17.0. The average Bonchev–Trinajstić information content (AvgIpc) is 3.28. The third-order valence-corrected chi connectivity index (χ3v) is 6.96. The molecule has 0 bridgehead atoms. The predicted molar refractivity (Wildman–Crippen MR) is 106 cm³/mol. The summed E-state index contributed by atoms with van der Waals surface area (Å²) in [4.78, 5) is 13.0. The highest BCUT2D eigenvalue weighted by molar-refractivity contribution is 5.95. The lowest BCUT2D eigenvalue weighted by Crippen LogP contribution is -2.32. The lowest BCUT2D eigenvalue weighted by molar-refractivity contribution is -0.118. The molecule has 3 aliphatic rings. The maximum atomic E-state index is 13.0. The van der Waals surface area contributed by atoms with Gasteiger partial charge in [0.05, 0.1) is 12.2 Å². The number of aryl methyl sites for hydroxylation is 2. The fourth-order valence-corrected chi connectivity index (χ4v) is 5.22. The van der Waals surface area contributed by atoms with Crippen molar-refractivity contribution in [2.45, 2.75) is 51.5 Å². The van der Waals surface area contributed by atoms with Crippen LogP contribution in [0, 0.1) is 18.3 Å². The van der Waals surface area contributed by atoms with Crippen molar-refractivity contribution in [2.24, 2.45) is 11.3 Å². The van der Waals surface area contributed by atoms with Gasteiger partial charge in [-0.3, -0.25) is 4.79 Å². The van der Waals surface area contributed by atoms with Crippen molar-refractivity contribution in [1.82, 2.24) is 15.1 Å². The molecule has 5 nitrogen and oxygen atoms in total. The molecule has 2 atom stereocenters. The zero-order valence-corrected chi connectivity index (χ0v) is 16.0.